The number of hydrogen-bond donors (Lipinski definition) is 3. The minimum atomic E-state index is -3.33. The van der Waals surface area contributed by atoms with Crippen LogP contribution < -0.4 is 15.4 Å². The van der Waals surface area contributed by atoms with E-state index in [0.29, 0.717) is 19.0 Å². The molecule has 0 unspecified atom stereocenters. The Balaban J connectivity index is 1.89. The molecule has 0 aliphatic carbocycles. The van der Waals surface area contributed by atoms with Crippen molar-refractivity contribution < 1.29 is 12.8 Å². The van der Waals surface area contributed by atoms with Gasteiger partial charge in [-0.15, -0.1) is 0 Å². The molecule has 0 saturated heterocycles. The Hall–Kier alpha value is -2.45. The number of hydrogen-bond acceptors (Lipinski definition) is 3. The molecule has 0 fully saturated rings. The predicted octanol–water partition coefficient (Wildman–Crippen LogP) is 2.95. The fraction of sp³-hybridized carbons (Fsp3) is 0.409. The zero-order valence-corrected chi connectivity index (χ0v) is 18.6. The highest BCUT2D eigenvalue weighted by Crippen LogP contribution is 2.09. The van der Waals surface area contributed by atoms with Gasteiger partial charge in [0.15, 0.2) is 5.96 Å². The summed E-state index contributed by atoms with van der Waals surface area (Å²) in [6, 6.07) is 13.8. The summed E-state index contributed by atoms with van der Waals surface area (Å²) < 4.78 is 39.6. The van der Waals surface area contributed by atoms with E-state index < -0.39 is 10.0 Å². The Morgan fingerprint density at radius 2 is 1.57 bits per heavy atom. The molecule has 2 rings (SSSR count). The maximum absolute atomic E-state index is 13.0. The van der Waals surface area contributed by atoms with Crippen molar-refractivity contribution in [1.29, 1.82) is 0 Å². The number of sulfonamides is 1. The molecule has 0 atom stereocenters. The SMILES string of the molecule is CCNC(=NCc1ccc(CS(=O)(=O)NC(C)C)cc1)NCCc1ccc(F)cc1. The Bertz CT molecular complexity index is 911. The third kappa shape index (κ3) is 8.92. The Morgan fingerprint density at radius 3 is 2.17 bits per heavy atom. The molecule has 2 aromatic rings. The minimum absolute atomic E-state index is 0.0394. The van der Waals surface area contributed by atoms with Crippen LogP contribution in [0.15, 0.2) is 53.5 Å². The zero-order chi connectivity index (χ0) is 22.0. The van der Waals surface area contributed by atoms with Gasteiger partial charge in [0, 0.05) is 19.1 Å². The molecule has 0 aliphatic heterocycles. The lowest BCUT2D eigenvalue weighted by molar-refractivity contribution is 0.569. The predicted molar refractivity (Wildman–Crippen MR) is 120 cm³/mol. The molecular formula is C22H31FN4O2S. The maximum atomic E-state index is 13.0. The number of aliphatic imine (C=N–C) groups is 1. The van der Waals surface area contributed by atoms with Gasteiger partial charge in [0.05, 0.1) is 12.3 Å². The molecule has 0 bridgehead atoms. The van der Waals surface area contributed by atoms with Gasteiger partial charge in [-0.25, -0.2) is 22.5 Å². The Labute approximate surface area is 179 Å². The van der Waals surface area contributed by atoms with Crippen LogP contribution in [0, 0.1) is 5.82 Å². The van der Waals surface area contributed by atoms with Crippen LogP contribution >= 0.6 is 0 Å². The van der Waals surface area contributed by atoms with Crippen molar-refractivity contribution in [3.8, 4) is 0 Å². The molecule has 8 heteroatoms. The first-order valence-electron chi connectivity index (χ1n) is 10.1. The van der Waals surface area contributed by atoms with Crippen LogP contribution in [0.3, 0.4) is 0 Å². The second kappa shape index (κ2) is 11.7. The standard InChI is InChI=1S/C22H31FN4O2S/c1-4-24-22(25-14-13-18-9-11-21(23)12-10-18)26-15-19-5-7-20(8-6-19)16-30(28,29)27-17(2)3/h5-12,17,27H,4,13-16H2,1-3H3,(H2,24,25,26). The third-order valence-electron chi connectivity index (χ3n) is 4.18. The first-order valence-corrected chi connectivity index (χ1v) is 11.8. The van der Waals surface area contributed by atoms with Crippen LogP contribution in [0.5, 0.6) is 0 Å². The lowest BCUT2D eigenvalue weighted by Crippen LogP contribution is -2.38. The summed E-state index contributed by atoms with van der Waals surface area (Å²) >= 11 is 0. The molecule has 0 heterocycles. The van der Waals surface area contributed by atoms with Crippen LogP contribution in [0.1, 0.15) is 37.5 Å². The van der Waals surface area contributed by atoms with Crippen molar-refractivity contribution >= 4 is 16.0 Å². The molecule has 164 valence electrons. The second-order valence-electron chi connectivity index (χ2n) is 7.35. The molecular weight excluding hydrogens is 403 g/mol. The topological polar surface area (TPSA) is 82.6 Å². The van der Waals surface area contributed by atoms with Crippen molar-refractivity contribution in [2.24, 2.45) is 4.99 Å². The molecule has 2 aromatic carbocycles. The van der Waals surface area contributed by atoms with Crippen molar-refractivity contribution in [2.75, 3.05) is 13.1 Å². The minimum Gasteiger partial charge on any atom is -0.357 e. The van der Waals surface area contributed by atoms with E-state index in [9.17, 15) is 12.8 Å². The highest BCUT2D eigenvalue weighted by molar-refractivity contribution is 7.88. The molecule has 0 spiro atoms. The van der Waals surface area contributed by atoms with Gasteiger partial charge in [0.1, 0.15) is 5.82 Å². The summed E-state index contributed by atoms with van der Waals surface area (Å²) in [5.41, 5.74) is 2.78. The monoisotopic (exact) mass is 434 g/mol. The molecule has 0 aliphatic rings. The average Bonchev–Trinajstić information content (AvgIpc) is 2.67. The summed E-state index contributed by atoms with van der Waals surface area (Å²) in [5.74, 6) is 0.427. The van der Waals surface area contributed by atoms with Crippen LogP contribution in [0.2, 0.25) is 0 Å². The van der Waals surface area contributed by atoms with Crippen LogP contribution in [-0.2, 0) is 28.7 Å². The van der Waals surface area contributed by atoms with E-state index in [4.69, 9.17) is 0 Å². The molecule has 3 N–H and O–H groups in total. The van der Waals surface area contributed by atoms with E-state index in [-0.39, 0.29) is 17.6 Å². The van der Waals surface area contributed by atoms with E-state index >= 15 is 0 Å². The normalized spacial score (nSPS) is 12.2. The number of halogens is 1. The van der Waals surface area contributed by atoms with Gasteiger partial charge < -0.3 is 10.6 Å². The fourth-order valence-electron chi connectivity index (χ4n) is 2.85. The van der Waals surface area contributed by atoms with E-state index in [2.05, 4.69) is 20.3 Å². The van der Waals surface area contributed by atoms with Gasteiger partial charge in [0.25, 0.3) is 0 Å². The van der Waals surface area contributed by atoms with Crippen molar-refractivity contribution in [1.82, 2.24) is 15.4 Å². The van der Waals surface area contributed by atoms with E-state index in [1.54, 1.807) is 26.0 Å². The lowest BCUT2D eigenvalue weighted by atomic mass is 10.1. The molecule has 0 radical (unpaired) electrons. The number of nitrogens with zero attached hydrogens (tertiary/aromatic N) is 1. The Morgan fingerprint density at radius 1 is 0.967 bits per heavy atom. The number of nitrogens with one attached hydrogen (secondary N) is 3. The number of rotatable bonds is 10. The first-order chi connectivity index (χ1) is 14.3. The van der Waals surface area contributed by atoms with E-state index in [0.717, 1.165) is 29.7 Å². The van der Waals surface area contributed by atoms with Crippen LogP contribution in [-0.4, -0.2) is 33.5 Å². The van der Waals surface area contributed by atoms with E-state index in [1.165, 1.54) is 12.1 Å². The summed E-state index contributed by atoms with van der Waals surface area (Å²) in [4.78, 5) is 4.58. The van der Waals surface area contributed by atoms with Gasteiger partial charge in [-0.2, -0.15) is 0 Å². The largest absolute Gasteiger partial charge is 0.357 e. The smallest absolute Gasteiger partial charge is 0.216 e. The van der Waals surface area contributed by atoms with Crippen molar-refractivity contribution in [2.45, 2.75) is 45.5 Å². The summed E-state index contributed by atoms with van der Waals surface area (Å²) in [5, 5.41) is 6.47. The van der Waals surface area contributed by atoms with Gasteiger partial charge in [0.2, 0.25) is 10.0 Å². The first kappa shape index (κ1) is 23.8. The fourth-order valence-corrected chi connectivity index (χ4v) is 4.28. The highest BCUT2D eigenvalue weighted by Gasteiger charge is 2.12. The summed E-state index contributed by atoms with van der Waals surface area (Å²) in [6.45, 7) is 7.49. The average molecular weight is 435 g/mol. The third-order valence-corrected chi connectivity index (χ3v) is 5.72. The van der Waals surface area contributed by atoms with E-state index in [1.807, 2.05) is 31.2 Å². The molecule has 0 aromatic heterocycles. The van der Waals surface area contributed by atoms with Crippen molar-refractivity contribution in [3.05, 3.63) is 71.0 Å². The van der Waals surface area contributed by atoms with Crippen molar-refractivity contribution in [3.63, 3.8) is 0 Å². The van der Waals surface area contributed by atoms with Gasteiger partial charge >= 0.3 is 0 Å². The number of benzene rings is 2. The Kier molecular flexibility index (Phi) is 9.26. The molecule has 6 nitrogen and oxygen atoms in total. The maximum Gasteiger partial charge on any atom is 0.216 e. The van der Waals surface area contributed by atoms with Gasteiger partial charge in [-0.1, -0.05) is 36.4 Å². The molecule has 0 saturated carbocycles. The second-order valence-corrected chi connectivity index (χ2v) is 9.10. The quantitative estimate of drug-likeness (QED) is 0.397. The molecule has 0 amide bonds. The highest BCUT2D eigenvalue weighted by atomic mass is 32.2. The summed E-state index contributed by atoms with van der Waals surface area (Å²) in [6.07, 6.45) is 0.762. The zero-order valence-electron chi connectivity index (χ0n) is 17.8. The lowest BCUT2D eigenvalue weighted by Gasteiger charge is -2.12. The van der Waals surface area contributed by atoms with Crippen LogP contribution in [0.25, 0.3) is 0 Å². The molecule has 30 heavy (non-hydrogen) atoms. The summed E-state index contributed by atoms with van der Waals surface area (Å²) in [7, 11) is -3.33. The van der Waals surface area contributed by atoms with Gasteiger partial charge in [-0.3, -0.25) is 0 Å². The van der Waals surface area contributed by atoms with Crippen LogP contribution in [0.4, 0.5) is 4.39 Å². The van der Waals surface area contributed by atoms with Gasteiger partial charge in [-0.05, 0) is 56.0 Å². The number of guanidine groups is 1.